The van der Waals surface area contributed by atoms with Crippen molar-refractivity contribution < 1.29 is 9.59 Å². The van der Waals surface area contributed by atoms with Gasteiger partial charge in [-0.3, -0.25) is 9.80 Å². The number of benzene rings is 3. The van der Waals surface area contributed by atoms with Crippen LogP contribution in [0.5, 0.6) is 0 Å². The normalized spacial score (nSPS) is 21.1. The van der Waals surface area contributed by atoms with E-state index in [2.05, 4.69) is 28.3 Å². The Morgan fingerprint density at radius 1 is 1.00 bits per heavy atom. The standard InChI is InChI=1S/C27H26ClN5O2/c1-17-25(20-7-11-21(28)12-8-20)26-31-23(15-24(34)33(26)32-17)19-9-13-22(14-10-19)30-27(35)29-16-18-5-3-2-4-6-18/h2-15,17,25-26,31-32H,16H2,1H3,(H2,29,30,35). The molecule has 2 aliphatic heterocycles. The Balaban J connectivity index is 1.26. The van der Waals surface area contributed by atoms with Gasteiger partial charge in [0.15, 0.2) is 0 Å². The number of nitrogens with one attached hydrogen (secondary N) is 4. The van der Waals surface area contributed by atoms with Gasteiger partial charge in [-0.1, -0.05) is 66.2 Å². The Morgan fingerprint density at radius 3 is 2.43 bits per heavy atom. The third kappa shape index (κ3) is 5.01. The van der Waals surface area contributed by atoms with Gasteiger partial charge in [0.2, 0.25) is 0 Å². The van der Waals surface area contributed by atoms with E-state index in [1.54, 1.807) is 11.1 Å². The molecule has 7 nitrogen and oxygen atoms in total. The van der Waals surface area contributed by atoms with Gasteiger partial charge in [-0.2, -0.15) is 0 Å². The summed E-state index contributed by atoms with van der Waals surface area (Å²) in [6.45, 7) is 2.51. The van der Waals surface area contributed by atoms with Crippen molar-refractivity contribution >= 4 is 34.9 Å². The first kappa shape index (κ1) is 23.0. The summed E-state index contributed by atoms with van der Waals surface area (Å²) < 4.78 is 0. The van der Waals surface area contributed by atoms with E-state index >= 15 is 0 Å². The summed E-state index contributed by atoms with van der Waals surface area (Å²) in [5, 5.41) is 11.5. The smallest absolute Gasteiger partial charge is 0.319 e. The topological polar surface area (TPSA) is 85.5 Å². The summed E-state index contributed by atoms with van der Waals surface area (Å²) in [7, 11) is 0. The van der Waals surface area contributed by atoms with Gasteiger partial charge in [0, 0.05) is 41.0 Å². The van der Waals surface area contributed by atoms with Crippen LogP contribution in [-0.4, -0.2) is 29.2 Å². The Morgan fingerprint density at radius 2 is 1.71 bits per heavy atom. The predicted octanol–water partition coefficient (Wildman–Crippen LogP) is 4.45. The number of fused-ring (bicyclic) bond motifs is 1. The van der Waals surface area contributed by atoms with Crippen LogP contribution in [-0.2, 0) is 11.3 Å². The number of rotatable bonds is 5. The quantitative estimate of drug-likeness (QED) is 0.428. The second-order valence-electron chi connectivity index (χ2n) is 8.72. The number of hydrogen-bond acceptors (Lipinski definition) is 4. The highest BCUT2D eigenvalue weighted by Gasteiger charge is 2.44. The van der Waals surface area contributed by atoms with Crippen LogP contribution >= 0.6 is 11.6 Å². The lowest BCUT2D eigenvalue weighted by atomic mass is 9.90. The Kier molecular flexibility index (Phi) is 6.44. The molecule has 0 aromatic heterocycles. The van der Waals surface area contributed by atoms with Crippen molar-refractivity contribution in [1.29, 1.82) is 0 Å². The van der Waals surface area contributed by atoms with Crippen molar-refractivity contribution in [1.82, 2.24) is 21.1 Å². The molecule has 35 heavy (non-hydrogen) atoms. The minimum absolute atomic E-state index is 0.0502. The summed E-state index contributed by atoms with van der Waals surface area (Å²) in [5.74, 6) is -0.0521. The third-order valence-electron chi connectivity index (χ3n) is 6.31. The van der Waals surface area contributed by atoms with E-state index in [-0.39, 0.29) is 30.1 Å². The molecule has 1 saturated heterocycles. The number of carbonyl (C=O) groups excluding carboxylic acids is 2. The van der Waals surface area contributed by atoms with Crippen molar-refractivity contribution in [2.45, 2.75) is 31.6 Å². The van der Waals surface area contributed by atoms with Crippen LogP contribution in [0.4, 0.5) is 10.5 Å². The second kappa shape index (κ2) is 9.82. The van der Waals surface area contributed by atoms with Crippen LogP contribution < -0.4 is 21.4 Å². The van der Waals surface area contributed by atoms with Gasteiger partial charge in [-0.05, 0) is 47.9 Å². The third-order valence-corrected chi connectivity index (χ3v) is 6.56. The van der Waals surface area contributed by atoms with E-state index in [1.807, 2.05) is 78.9 Å². The van der Waals surface area contributed by atoms with Gasteiger partial charge in [0.25, 0.3) is 5.91 Å². The maximum Gasteiger partial charge on any atom is 0.319 e. The molecule has 0 aliphatic carbocycles. The molecule has 2 heterocycles. The van der Waals surface area contributed by atoms with Crippen molar-refractivity contribution in [2.75, 3.05) is 5.32 Å². The van der Waals surface area contributed by atoms with Gasteiger partial charge >= 0.3 is 6.03 Å². The largest absolute Gasteiger partial charge is 0.363 e. The minimum Gasteiger partial charge on any atom is -0.363 e. The molecule has 4 N–H and O–H groups in total. The van der Waals surface area contributed by atoms with E-state index in [1.165, 1.54) is 0 Å². The summed E-state index contributed by atoms with van der Waals surface area (Å²) >= 11 is 6.07. The summed E-state index contributed by atoms with van der Waals surface area (Å²) in [6.07, 6.45) is 1.36. The number of halogens is 1. The predicted molar refractivity (Wildman–Crippen MR) is 137 cm³/mol. The number of hydrogen-bond donors (Lipinski definition) is 4. The fourth-order valence-corrected chi connectivity index (χ4v) is 4.70. The molecule has 3 aromatic rings. The average Bonchev–Trinajstić information content (AvgIpc) is 3.21. The van der Waals surface area contributed by atoms with Crippen LogP contribution in [0.2, 0.25) is 5.02 Å². The first-order valence-corrected chi connectivity index (χ1v) is 11.9. The number of nitrogens with zero attached hydrogens (tertiary/aromatic N) is 1. The van der Waals surface area contributed by atoms with Crippen LogP contribution in [0.1, 0.15) is 29.5 Å². The molecular weight excluding hydrogens is 462 g/mol. The fraction of sp³-hybridized carbons (Fsp3) is 0.185. The zero-order chi connectivity index (χ0) is 24.4. The molecule has 3 atom stereocenters. The van der Waals surface area contributed by atoms with E-state index in [0.717, 1.165) is 22.4 Å². The SMILES string of the molecule is CC1NN2C(=O)C=C(c3ccc(NC(=O)NCc4ccccc4)cc3)NC2C1c1ccc(Cl)cc1. The lowest BCUT2D eigenvalue weighted by Crippen LogP contribution is -2.52. The Labute approximate surface area is 209 Å². The molecule has 0 bridgehead atoms. The summed E-state index contributed by atoms with van der Waals surface area (Å²) in [4.78, 5) is 25.1. The number of hydrazine groups is 1. The molecule has 3 unspecified atom stereocenters. The maximum absolute atomic E-state index is 12.9. The van der Waals surface area contributed by atoms with Crippen LogP contribution in [0.25, 0.3) is 5.70 Å². The van der Waals surface area contributed by atoms with Crippen LogP contribution in [0, 0.1) is 0 Å². The first-order valence-electron chi connectivity index (χ1n) is 11.5. The maximum atomic E-state index is 12.9. The fourth-order valence-electron chi connectivity index (χ4n) is 4.57. The molecule has 3 amide bonds. The lowest BCUT2D eigenvalue weighted by molar-refractivity contribution is -0.130. The van der Waals surface area contributed by atoms with Gasteiger partial charge in [-0.25, -0.2) is 10.2 Å². The van der Waals surface area contributed by atoms with Crippen molar-refractivity contribution in [3.05, 3.63) is 107 Å². The molecule has 3 aromatic carbocycles. The highest BCUT2D eigenvalue weighted by Crippen LogP contribution is 2.35. The average molecular weight is 488 g/mol. The second-order valence-corrected chi connectivity index (χ2v) is 9.16. The first-order chi connectivity index (χ1) is 17.0. The van der Waals surface area contributed by atoms with Crippen LogP contribution in [0.3, 0.4) is 0 Å². The number of anilines is 1. The van der Waals surface area contributed by atoms with Crippen molar-refractivity contribution in [2.24, 2.45) is 0 Å². The Bertz CT molecular complexity index is 1240. The molecule has 0 saturated carbocycles. The Hall–Kier alpha value is -3.81. The summed E-state index contributed by atoms with van der Waals surface area (Å²) in [6, 6.07) is 24.7. The minimum atomic E-state index is -0.278. The van der Waals surface area contributed by atoms with Gasteiger partial charge in [0.1, 0.15) is 6.17 Å². The van der Waals surface area contributed by atoms with Gasteiger partial charge < -0.3 is 16.0 Å². The van der Waals surface area contributed by atoms with Gasteiger partial charge in [-0.15, -0.1) is 0 Å². The molecule has 0 radical (unpaired) electrons. The zero-order valence-electron chi connectivity index (χ0n) is 19.2. The van der Waals surface area contributed by atoms with Gasteiger partial charge in [0.05, 0.1) is 0 Å². The number of carbonyl (C=O) groups is 2. The van der Waals surface area contributed by atoms with Crippen molar-refractivity contribution in [3.63, 3.8) is 0 Å². The van der Waals surface area contributed by atoms with Crippen LogP contribution in [0.15, 0.2) is 84.9 Å². The number of urea groups is 1. The monoisotopic (exact) mass is 487 g/mol. The molecule has 5 rings (SSSR count). The molecular formula is C27H26ClN5O2. The molecule has 1 fully saturated rings. The number of amides is 3. The molecule has 8 heteroatoms. The molecule has 0 spiro atoms. The summed E-state index contributed by atoms with van der Waals surface area (Å²) in [5.41, 5.74) is 7.68. The lowest BCUT2D eigenvalue weighted by Gasteiger charge is -2.33. The highest BCUT2D eigenvalue weighted by atomic mass is 35.5. The van der Waals surface area contributed by atoms with E-state index in [9.17, 15) is 9.59 Å². The van der Waals surface area contributed by atoms with Crippen molar-refractivity contribution in [3.8, 4) is 0 Å². The molecule has 2 aliphatic rings. The molecule has 178 valence electrons. The zero-order valence-corrected chi connectivity index (χ0v) is 19.9. The van der Waals surface area contributed by atoms with E-state index in [0.29, 0.717) is 17.3 Å². The van der Waals surface area contributed by atoms with E-state index in [4.69, 9.17) is 11.6 Å². The highest BCUT2D eigenvalue weighted by molar-refractivity contribution is 6.30. The van der Waals surface area contributed by atoms with E-state index < -0.39 is 0 Å².